The van der Waals surface area contributed by atoms with Gasteiger partial charge in [-0.25, -0.2) is 4.98 Å². The molecule has 5 heteroatoms. The van der Waals surface area contributed by atoms with Gasteiger partial charge in [0.15, 0.2) is 0 Å². The molecule has 2 aliphatic rings. The van der Waals surface area contributed by atoms with Crippen LogP contribution in [0.15, 0.2) is 5.38 Å². The van der Waals surface area contributed by atoms with E-state index >= 15 is 0 Å². The maximum atomic E-state index is 12.4. The standard InChI is InChI=1S/C14H19NO2S2/c1-10-8-19-13(15-10)6-12(16)11-2-4-17-14(7-11)3-5-18-9-14/h8,11H,2-7,9H2,1H3. The average Bonchev–Trinajstić information content (AvgIpc) is 3.00. The number of aromatic nitrogens is 1. The predicted octanol–water partition coefficient (Wildman–Crippen LogP) is 2.87. The largest absolute Gasteiger partial charge is 0.374 e. The molecule has 0 amide bonds. The van der Waals surface area contributed by atoms with Crippen molar-refractivity contribution in [3.63, 3.8) is 0 Å². The van der Waals surface area contributed by atoms with Gasteiger partial charge in [-0.15, -0.1) is 11.3 Å². The minimum Gasteiger partial charge on any atom is -0.374 e. The minimum atomic E-state index is 0.00202. The number of carbonyl (C=O) groups excluding carboxylic acids is 1. The Kier molecular flexibility index (Phi) is 3.96. The first-order valence-electron chi connectivity index (χ1n) is 6.82. The third-order valence-electron chi connectivity index (χ3n) is 4.01. The zero-order valence-corrected chi connectivity index (χ0v) is 12.8. The van der Waals surface area contributed by atoms with Gasteiger partial charge < -0.3 is 4.74 Å². The molecular formula is C14H19NO2S2. The van der Waals surface area contributed by atoms with Gasteiger partial charge >= 0.3 is 0 Å². The van der Waals surface area contributed by atoms with E-state index in [1.165, 1.54) is 5.75 Å². The number of thiazole rings is 1. The maximum Gasteiger partial charge on any atom is 0.142 e. The third-order valence-corrected chi connectivity index (χ3v) is 6.20. The van der Waals surface area contributed by atoms with Crippen LogP contribution < -0.4 is 0 Å². The van der Waals surface area contributed by atoms with Gasteiger partial charge in [0, 0.05) is 29.4 Å². The minimum absolute atomic E-state index is 0.00202. The molecule has 0 bridgehead atoms. The molecular weight excluding hydrogens is 278 g/mol. The lowest BCUT2D eigenvalue weighted by molar-refractivity contribution is -0.133. The SMILES string of the molecule is Cc1csc(CC(=O)C2CCOC3(CCSC3)C2)n1. The normalized spacial score (nSPS) is 30.9. The van der Waals surface area contributed by atoms with Gasteiger partial charge in [-0.1, -0.05) is 0 Å². The summed E-state index contributed by atoms with van der Waals surface area (Å²) in [6.45, 7) is 2.72. The van der Waals surface area contributed by atoms with Crippen LogP contribution >= 0.6 is 23.1 Å². The fourth-order valence-corrected chi connectivity index (χ4v) is 5.10. The number of ether oxygens (including phenoxy) is 1. The van der Waals surface area contributed by atoms with Crippen molar-refractivity contribution in [3.05, 3.63) is 16.1 Å². The zero-order valence-electron chi connectivity index (χ0n) is 11.2. The van der Waals surface area contributed by atoms with Crippen molar-refractivity contribution in [2.75, 3.05) is 18.1 Å². The van der Waals surface area contributed by atoms with Crippen LogP contribution in [0.3, 0.4) is 0 Å². The summed E-state index contributed by atoms with van der Waals surface area (Å²) in [5.41, 5.74) is 1.02. The molecule has 1 spiro atoms. The molecule has 3 rings (SSSR count). The highest BCUT2D eigenvalue weighted by molar-refractivity contribution is 7.99. The number of ketones is 1. The molecule has 19 heavy (non-hydrogen) atoms. The molecule has 104 valence electrons. The van der Waals surface area contributed by atoms with E-state index < -0.39 is 0 Å². The molecule has 0 saturated carbocycles. The average molecular weight is 297 g/mol. The van der Waals surface area contributed by atoms with Gasteiger partial charge in [-0.2, -0.15) is 11.8 Å². The summed E-state index contributed by atoms with van der Waals surface area (Å²) in [5, 5.41) is 2.98. The topological polar surface area (TPSA) is 39.2 Å². The lowest BCUT2D eigenvalue weighted by Crippen LogP contribution is -2.42. The van der Waals surface area contributed by atoms with E-state index in [9.17, 15) is 4.79 Å². The van der Waals surface area contributed by atoms with Gasteiger partial charge in [-0.05, 0) is 31.9 Å². The first kappa shape index (κ1) is 13.6. The van der Waals surface area contributed by atoms with Gasteiger partial charge in [-0.3, -0.25) is 4.79 Å². The molecule has 1 aromatic rings. The van der Waals surface area contributed by atoms with Crippen LogP contribution in [-0.2, 0) is 16.0 Å². The van der Waals surface area contributed by atoms with Gasteiger partial charge in [0.05, 0.1) is 12.0 Å². The molecule has 3 heterocycles. The summed E-state index contributed by atoms with van der Waals surface area (Å²) in [7, 11) is 0. The predicted molar refractivity (Wildman–Crippen MR) is 78.9 cm³/mol. The molecule has 2 aliphatic heterocycles. The number of carbonyl (C=O) groups is 1. The van der Waals surface area contributed by atoms with Crippen molar-refractivity contribution in [3.8, 4) is 0 Å². The highest BCUT2D eigenvalue weighted by atomic mass is 32.2. The van der Waals surface area contributed by atoms with Gasteiger partial charge in [0.1, 0.15) is 10.8 Å². The Labute approximate surface area is 122 Å². The molecule has 2 atom stereocenters. The van der Waals surface area contributed by atoms with Crippen LogP contribution in [0.1, 0.15) is 30.0 Å². The second kappa shape index (κ2) is 5.54. The Hall–Kier alpha value is -0.390. The van der Waals surface area contributed by atoms with E-state index in [0.29, 0.717) is 12.2 Å². The number of rotatable bonds is 3. The summed E-state index contributed by atoms with van der Waals surface area (Å²) in [5.74, 6) is 2.77. The van der Waals surface area contributed by atoms with Crippen molar-refractivity contribution < 1.29 is 9.53 Å². The molecule has 3 nitrogen and oxygen atoms in total. The highest BCUT2D eigenvalue weighted by Crippen LogP contribution is 2.40. The summed E-state index contributed by atoms with van der Waals surface area (Å²) < 4.78 is 5.98. The summed E-state index contributed by atoms with van der Waals surface area (Å²) in [6, 6.07) is 0. The number of Topliss-reactive ketones (excluding diaryl/α,β-unsaturated/α-hetero) is 1. The fourth-order valence-electron chi connectivity index (χ4n) is 2.94. The van der Waals surface area contributed by atoms with Crippen molar-refractivity contribution in [2.24, 2.45) is 5.92 Å². The first-order chi connectivity index (χ1) is 9.17. The molecule has 1 aromatic heterocycles. The molecule has 2 unspecified atom stereocenters. The van der Waals surface area contributed by atoms with Crippen molar-refractivity contribution in [1.82, 2.24) is 4.98 Å². The van der Waals surface area contributed by atoms with Crippen LogP contribution in [0.5, 0.6) is 0 Å². The van der Waals surface area contributed by atoms with Crippen molar-refractivity contribution >= 4 is 28.9 Å². The van der Waals surface area contributed by atoms with Crippen molar-refractivity contribution in [2.45, 2.75) is 38.2 Å². The number of aryl methyl sites for hydroxylation is 1. The Bertz CT molecular complexity index is 466. The summed E-state index contributed by atoms with van der Waals surface area (Å²) >= 11 is 3.55. The fraction of sp³-hybridized carbons (Fsp3) is 0.714. The maximum absolute atomic E-state index is 12.4. The summed E-state index contributed by atoms with van der Waals surface area (Å²) in [6.07, 6.45) is 3.42. The summed E-state index contributed by atoms with van der Waals surface area (Å²) in [4.78, 5) is 16.8. The van der Waals surface area contributed by atoms with E-state index in [4.69, 9.17) is 4.74 Å². The quantitative estimate of drug-likeness (QED) is 0.860. The van der Waals surface area contributed by atoms with Crippen LogP contribution in [0.25, 0.3) is 0 Å². The van der Waals surface area contributed by atoms with E-state index in [0.717, 1.165) is 42.3 Å². The van der Waals surface area contributed by atoms with Gasteiger partial charge in [0.25, 0.3) is 0 Å². The van der Waals surface area contributed by atoms with E-state index in [1.54, 1.807) is 11.3 Å². The zero-order chi connectivity index (χ0) is 13.3. The molecule has 2 fully saturated rings. The first-order valence-corrected chi connectivity index (χ1v) is 8.86. The van der Waals surface area contributed by atoms with Crippen LogP contribution in [0.4, 0.5) is 0 Å². The lowest BCUT2D eigenvalue weighted by atomic mass is 9.82. The lowest BCUT2D eigenvalue weighted by Gasteiger charge is -2.37. The van der Waals surface area contributed by atoms with Crippen molar-refractivity contribution in [1.29, 1.82) is 0 Å². The third kappa shape index (κ3) is 3.03. The Morgan fingerprint density at radius 1 is 1.63 bits per heavy atom. The molecule has 0 aromatic carbocycles. The molecule has 0 aliphatic carbocycles. The Morgan fingerprint density at radius 2 is 2.53 bits per heavy atom. The number of nitrogens with zero attached hydrogens (tertiary/aromatic N) is 1. The number of thioether (sulfide) groups is 1. The Balaban J connectivity index is 1.63. The second-order valence-electron chi connectivity index (χ2n) is 5.55. The number of hydrogen-bond acceptors (Lipinski definition) is 5. The Morgan fingerprint density at radius 3 is 3.21 bits per heavy atom. The highest BCUT2D eigenvalue weighted by Gasteiger charge is 2.42. The molecule has 0 radical (unpaired) electrons. The van der Waals surface area contributed by atoms with E-state index in [2.05, 4.69) is 4.98 Å². The van der Waals surface area contributed by atoms with Crippen LogP contribution in [-0.4, -0.2) is 34.5 Å². The van der Waals surface area contributed by atoms with E-state index in [-0.39, 0.29) is 11.5 Å². The smallest absolute Gasteiger partial charge is 0.142 e. The van der Waals surface area contributed by atoms with E-state index in [1.807, 2.05) is 24.1 Å². The molecule has 2 saturated heterocycles. The second-order valence-corrected chi connectivity index (χ2v) is 7.60. The number of hydrogen-bond donors (Lipinski definition) is 0. The van der Waals surface area contributed by atoms with Crippen LogP contribution in [0.2, 0.25) is 0 Å². The van der Waals surface area contributed by atoms with Crippen LogP contribution in [0, 0.1) is 12.8 Å². The molecule has 0 N–H and O–H groups in total. The monoisotopic (exact) mass is 297 g/mol. The van der Waals surface area contributed by atoms with Gasteiger partial charge in [0.2, 0.25) is 0 Å².